The van der Waals surface area contributed by atoms with Gasteiger partial charge in [0.05, 0.1) is 7.11 Å². The Morgan fingerprint density at radius 3 is 2.62 bits per heavy atom. The Kier molecular flexibility index (Phi) is 4.31. The zero-order chi connectivity index (χ0) is 12.1. The second kappa shape index (κ2) is 5.51. The van der Waals surface area contributed by atoms with Gasteiger partial charge >= 0.3 is 5.97 Å². The van der Waals surface area contributed by atoms with Crippen LogP contribution >= 0.6 is 0 Å². The molecular weight excluding hydrogens is 208 g/mol. The summed E-state index contributed by atoms with van der Waals surface area (Å²) in [5.74, 6) is -0.178. The fourth-order valence-electron chi connectivity index (χ4n) is 1.50. The Balaban J connectivity index is 2.82. The first-order valence-electron chi connectivity index (χ1n) is 4.97. The van der Waals surface area contributed by atoms with Gasteiger partial charge in [-0.2, -0.15) is 0 Å². The van der Waals surface area contributed by atoms with Crippen LogP contribution in [0, 0.1) is 6.92 Å². The SMILES string of the molecule is COC(=O)C(Cc1ccc(O)cc1C)OC. The first-order chi connectivity index (χ1) is 7.58. The molecule has 4 heteroatoms. The van der Waals surface area contributed by atoms with Crippen molar-refractivity contribution in [3.05, 3.63) is 29.3 Å². The highest BCUT2D eigenvalue weighted by molar-refractivity contribution is 5.75. The van der Waals surface area contributed by atoms with Crippen molar-refractivity contribution in [1.29, 1.82) is 0 Å². The van der Waals surface area contributed by atoms with Crippen molar-refractivity contribution < 1.29 is 19.4 Å². The van der Waals surface area contributed by atoms with E-state index in [1.54, 1.807) is 18.2 Å². The molecule has 0 spiro atoms. The van der Waals surface area contributed by atoms with E-state index in [2.05, 4.69) is 4.74 Å². The van der Waals surface area contributed by atoms with Gasteiger partial charge in [0, 0.05) is 13.5 Å². The zero-order valence-electron chi connectivity index (χ0n) is 9.69. The minimum atomic E-state index is -0.603. The van der Waals surface area contributed by atoms with E-state index in [0.717, 1.165) is 11.1 Å². The molecule has 0 saturated carbocycles. The lowest BCUT2D eigenvalue weighted by molar-refractivity contribution is -0.152. The molecule has 1 unspecified atom stereocenters. The van der Waals surface area contributed by atoms with E-state index in [9.17, 15) is 9.90 Å². The minimum Gasteiger partial charge on any atom is -0.508 e. The summed E-state index contributed by atoms with van der Waals surface area (Å²) >= 11 is 0. The van der Waals surface area contributed by atoms with Crippen molar-refractivity contribution in [2.75, 3.05) is 14.2 Å². The summed E-state index contributed by atoms with van der Waals surface area (Å²) < 4.78 is 9.68. The van der Waals surface area contributed by atoms with Crippen molar-refractivity contribution in [2.24, 2.45) is 0 Å². The molecule has 16 heavy (non-hydrogen) atoms. The smallest absolute Gasteiger partial charge is 0.335 e. The standard InChI is InChI=1S/C12H16O4/c1-8-6-10(13)5-4-9(8)7-11(15-2)12(14)16-3/h4-6,11,13H,7H2,1-3H3. The van der Waals surface area contributed by atoms with Crippen molar-refractivity contribution in [2.45, 2.75) is 19.4 Å². The van der Waals surface area contributed by atoms with E-state index in [-0.39, 0.29) is 5.75 Å². The summed E-state index contributed by atoms with van der Waals surface area (Å²) in [5.41, 5.74) is 1.88. The van der Waals surface area contributed by atoms with Gasteiger partial charge in [-0.25, -0.2) is 4.79 Å². The highest BCUT2D eigenvalue weighted by Crippen LogP contribution is 2.18. The van der Waals surface area contributed by atoms with E-state index in [4.69, 9.17) is 4.74 Å². The number of aromatic hydroxyl groups is 1. The summed E-state index contributed by atoms with van der Waals surface area (Å²) in [4.78, 5) is 11.3. The molecule has 4 nitrogen and oxygen atoms in total. The van der Waals surface area contributed by atoms with Crippen LogP contribution in [0.25, 0.3) is 0 Å². The summed E-state index contributed by atoms with van der Waals surface area (Å²) in [7, 11) is 2.80. The molecule has 0 radical (unpaired) electrons. The predicted molar refractivity (Wildman–Crippen MR) is 59.4 cm³/mol. The highest BCUT2D eigenvalue weighted by atomic mass is 16.6. The Morgan fingerprint density at radius 1 is 1.44 bits per heavy atom. The molecule has 0 aliphatic rings. The topological polar surface area (TPSA) is 55.8 Å². The van der Waals surface area contributed by atoms with Crippen LogP contribution in [0.15, 0.2) is 18.2 Å². The van der Waals surface area contributed by atoms with Crippen molar-refractivity contribution in [3.8, 4) is 5.75 Å². The molecule has 1 rings (SSSR count). The number of hydrogen-bond donors (Lipinski definition) is 1. The van der Waals surface area contributed by atoms with Gasteiger partial charge in [0.1, 0.15) is 5.75 Å². The largest absolute Gasteiger partial charge is 0.508 e. The van der Waals surface area contributed by atoms with E-state index in [0.29, 0.717) is 6.42 Å². The van der Waals surface area contributed by atoms with Gasteiger partial charge in [-0.05, 0) is 30.2 Å². The maximum absolute atomic E-state index is 11.3. The van der Waals surface area contributed by atoms with Gasteiger partial charge in [0.25, 0.3) is 0 Å². The maximum Gasteiger partial charge on any atom is 0.335 e. The number of carbonyl (C=O) groups excluding carboxylic acids is 1. The Labute approximate surface area is 94.8 Å². The highest BCUT2D eigenvalue weighted by Gasteiger charge is 2.19. The summed E-state index contributed by atoms with van der Waals surface area (Å²) in [6.45, 7) is 1.87. The van der Waals surface area contributed by atoms with Crippen LogP contribution in [0.4, 0.5) is 0 Å². The molecule has 1 aromatic rings. The molecule has 1 aromatic carbocycles. The monoisotopic (exact) mass is 224 g/mol. The maximum atomic E-state index is 11.3. The van der Waals surface area contributed by atoms with Crippen molar-refractivity contribution >= 4 is 5.97 Å². The third-order valence-corrected chi connectivity index (χ3v) is 2.48. The summed E-state index contributed by atoms with van der Waals surface area (Å²) in [6.07, 6.45) is -0.164. The first-order valence-corrected chi connectivity index (χ1v) is 4.97. The van der Waals surface area contributed by atoms with Gasteiger partial charge < -0.3 is 14.6 Å². The van der Waals surface area contributed by atoms with Gasteiger partial charge in [0.2, 0.25) is 0 Å². The van der Waals surface area contributed by atoms with Crippen LogP contribution in [0.5, 0.6) is 5.75 Å². The fourth-order valence-corrected chi connectivity index (χ4v) is 1.50. The molecule has 0 saturated heterocycles. The third-order valence-electron chi connectivity index (χ3n) is 2.48. The quantitative estimate of drug-likeness (QED) is 0.786. The summed E-state index contributed by atoms with van der Waals surface area (Å²) in [5, 5.41) is 9.26. The van der Waals surface area contributed by atoms with Crippen molar-refractivity contribution in [3.63, 3.8) is 0 Å². The molecule has 0 heterocycles. The Hall–Kier alpha value is -1.55. The van der Waals surface area contributed by atoms with E-state index < -0.39 is 12.1 Å². The average Bonchev–Trinajstić information content (AvgIpc) is 2.27. The Bertz CT molecular complexity index is 373. The number of benzene rings is 1. The minimum absolute atomic E-state index is 0.216. The fraction of sp³-hybridized carbons (Fsp3) is 0.417. The molecule has 0 aliphatic carbocycles. The first kappa shape index (κ1) is 12.5. The number of methoxy groups -OCH3 is 2. The summed E-state index contributed by atoms with van der Waals surface area (Å²) in [6, 6.07) is 5.02. The Morgan fingerprint density at radius 2 is 2.12 bits per heavy atom. The average molecular weight is 224 g/mol. The lowest BCUT2D eigenvalue weighted by atomic mass is 10.0. The van der Waals surface area contributed by atoms with Crippen LogP contribution < -0.4 is 0 Å². The molecular formula is C12H16O4. The van der Waals surface area contributed by atoms with E-state index in [1.807, 2.05) is 6.92 Å². The molecule has 88 valence electrons. The second-order valence-electron chi connectivity index (χ2n) is 3.56. The number of aryl methyl sites for hydroxylation is 1. The molecule has 0 aromatic heterocycles. The lowest BCUT2D eigenvalue weighted by Crippen LogP contribution is -2.26. The molecule has 0 fully saturated rings. The number of carbonyl (C=O) groups is 1. The molecule has 0 amide bonds. The van der Waals surface area contributed by atoms with Gasteiger partial charge in [-0.15, -0.1) is 0 Å². The van der Waals surface area contributed by atoms with Gasteiger partial charge in [-0.1, -0.05) is 6.07 Å². The molecule has 0 aliphatic heterocycles. The zero-order valence-corrected chi connectivity index (χ0v) is 9.69. The van der Waals surface area contributed by atoms with E-state index in [1.165, 1.54) is 14.2 Å². The van der Waals surface area contributed by atoms with Crippen LogP contribution in [0.1, 0.15) is 11.1 Å². The normalized spacial score (nSPS) is 12.2. The van der Waals surface area contributed by atoms with Crippen LogP contribution in [0.2, 0.25) is 0 Å². The predicted octanol–water partition coefficient (Wildman–Crippen LogP) is 1.43. The molecule has 0 bridgehead atoms. The van der Waals surface area contributed by atoms with Crippen molar-refractivity contribution in [1.82, 2.24) is 0 Å². The number of phenolic OH excluding ortho intramolecular Hbond substituents is 1. The third kappa shape index (κ3) is 2.97. The van der Waals surface area contributed by atoms with Gasteiger partial charge in [0.15, 0.2) is 6.10 Å². The number of phenols is 1. The van der Waals surface area contributed by atoms with Crippen LogP contribution in [-0.4, -0.2) is 31.4 Å². The number of esters is 1. The second-order valence-corrected chi connectivity index (χ2v) is 3.56. The van der Waals surface area contributed by atoms with Crippen LogP contribution in [-0.2, 0) is 20.7 Å². The van der Waals surface area contributed by atoms with Gasteiger partial charge in [-0.3, -0.25) is 0 Å². The number of ether oxygens (including phenoxy) is 2. The molecule has 1 atom stereocenters. The number of rotatable bonds is 4. The molecule has 1 N–H and O–H groups in total. The lowest BCUT2D eigenvalue weighted by Gasteiger charge is -2.14. The van der Waals surface area contributed by atoms with E-state index >= 15 is 0 Å². The van der Waals surface area contributed by atoms with Crippen LogP contribution in [0.3, 0.4) is 0 Å². The number of hydrogen-bond acceptors (Lipinski definition) is 4.